The van der Waals surface area contributed by atoms with Gasteiger partial charge in [-0.3, -0.25) is 14.5 Å². The minimum absolute atomic E-state index is 0.0748. The van der Waals surface area contributed by atoms with Crippen LogP contribution in [0.2, 0.25) is 0 Å². The molecule has 0 unspecified atom stereocenters. The van der Waals surface area contributed by atoms with Crippen molar-refractivity contribution in [2.75, 3.05) is 18.9 Å². The largest absolute Gasteiger partial charge is 0.325 e. The first-order valence-electron chi connectivity index (χ1n) is 11.7. The Kier molecular flexibility index (Phi) is 8.15. The zero-order valence-corrected chi connectivity index (χ0v) is 21.6. The molecule has 2 N–H and O–H groups in total. The average Bonchev–Trinajstić information content (AvgIpc) is 3.07. The Bertz CT molecular complexity index is 1230. The highest BCUT2D eigenvalue weighted by Gasteiger charge is 2.52. The summed E-state index contributed by atoms with van der Waals surface area (Å²) in [6.07, 6.45) is 1.70. The summed E-state index contributed by atoms with van der Waals surface area (Å²) in [5.74, 6) is -1.67. The quantitative estimate of drug-likeness (QED) is 0.468. The summed E-state index contributed by atoms with van der Waals surface area (Å²) in [5, 5.41) is 5.30. The summed E-state index contributed by atoms with van der Waals surface area (Å²) < 4.78 is 39.9. The van der Waals surface area contributed by atoms with Crippen LogP contribution in [0.1, 0.15) is 45.6 Å². The van der Waals surface area contributed by atoms with E-state index in [9.17, 15) is 27.2 Å². The van der Waals surface area contributed by atoms with Crippen molar-refractivity contribution in [1.29, 1.82) is 0 Å². The SMILES string of the molecule is CCCC[C@@]1(c2ccc(F)cc2)NC(=O)N(CC(=O)Nc2ccc(S(=O)(=O)N(C)C(C)C)cc2)C1=O. The lowest BCUT2D eigenvalue weighted by molar-refractivity contribution is -0.134. The number of benzene rings is 2. The number of rotatable bonds is 10. The van der Waals surface area contributed by atoms with E-state index in [0.717, 1.165) is 11.3 Å². The standard InChI is InChI=1S/C25H31FN4O5S/c1-5-6-15-25(18-7-9-19(26)10-8-18)23(32)30(24(33)28-25)16-22(31)27-20-11-13-21(14-12-20)36(34,35)29(4)17(2)3/h7-14,17H,5-6,15-16H2,1-4H3,(H,27,31)(H,28,33)/t25-/m0/s1. The Morgan fingerprint density at radius 2 is 1.72 bits per heavy atom. The Morgan fingerprint density at radius 1 is 1.11 bits per heavy atom. The van der Waals surface area contributed by atoms with Crippen molar-refractivity contribution in [2.24, 2.45) is 0 Å². The van der Waals surface area contributed by atoms with E-state index in [1.165, 1.54) is 59.9 Å². The molecule has 11 heteroatoms. The summed E-state index contributed by atoms with van der Waals surface area (Å²) in [5.41, 5.74) is -0.616. The van der Waals surface area contributed by atoms with Crippen molar-refractivity contribution in [2.45, 2.75) is 56.5 Å². The topological polar surface area (TPSA) is 116 Å². The van der Waals surface area contributed by atoms with Crippen LogP contribution in [0, 0.1) is 5.82 Å². The molecule has 0 bridgehead atoms. The third kappa shape index (κ3) is 5.41. The molecule has 1 atom stereocenters. The van der Waals surface area contributed by atoms with Crippen molar-refractivity contribution >= 4 is 33.6 Å². The van der Waals surface area contributed by atoms with E-state index >= 15 is 0 Å². The fraction of sp³-hybridized carbons (Fsp3) is 0.400. The minimum atomic E-state index is -3.68. The molecule has 1 aliphatic rings. The van der Waals surface area contributed by atoms with E-state index in [1.54, 1.807) is 13.8 Å². The lowest BCUT2D eigenvalue weighted by Crippen LogP contribution is -2.44. The molecular formula is C25H31FN4O5S. The molecule has 9 nitrogen and oxygen atoms in total. The zero-order valence-electron chi connectivity index (χ0n) is 20.7. The van der Waals surface area contributed by atoms with Gasteiger partial charge in [0.15, 0.2) is 0 Å². The molecule has 1 saturated heterocycles. The van der Waals surface area contributed by atoms with Gasteiger partial charge in [0.2, 0.25) is 15.9 Å². The first-order valence-corrected chi connectivity index (χ1v) is 13.1. The smallest absolute Gasteiger partial charge is 0.325 e. The Balaban J connectivity index is 1.75. The molecule has 0 aliphatic carbocycles. The molecule has 0 saturated carbocycles. The van der Waals surface area contributed by atoms with E-state index < -0.39 is 45.8 Å². The van der Waals surface area contributed by atoms with Gasteiger partial charge in [-0.05, 0) is 62.2 Å². The lowest BCUT2D eigenvalue weighted by Gasteiger charge is -2.27. The molecule has 3 rings (SSSR count). The van der Waals surface area contributed by atoms with Crippen LogP contribution in [0.15, 0.2) is 53.4 Å². The molecule has 1 fully saturated rings. The van der Waals surface area contributed by atoms with Gasteiger partial charge in [0.25, 0.3) is 5.91 Å². The molecule has 0 spiro atoms. The van der Waals surface area contributed by atoms with Crippen LogP contribution < -0.4 is 10.6 Å². The number of halogens is 1. The molecule has 0 aromatic heterocycles. The third-order valence-corrected chi connectivity index (χ3v) is 8.31. The van der Waals surface area contributed by atoms with Gasteiger partial charge in [0, 0.05) is 18.8 Å². The monoisotopic (exact) mass is 518 g/mol. The number of nitrogens with zero attached hydrogens (tertiary/aromatic N) is 2. The number of hydrogen-bond donors (Lipinski definition) is 2. The van der Waals surface area contributed by atoms with Crippen LogP contribution in [-0.4, -0.2) is 55.1 Å². The van der Waals surface area contributed by atoms with E-state index in [0.29, 0.717) is 24.1 Å². The molecule has 1 aliphatic heterocycles. The van der Waals surface area contributed by atoms with Gasteiger partial charge < -0.3 is 10.6 Å². The number of carbonyl (C=O) groups is 3. The molecule has 1 heterocycles. The maximum absolute atomic E-state index is 13.5. The Morgan fingerprint density at radius 3 is 2.28 bits per heavy atom. The second kappa shape index (κ2) is 10.8. The normalized spacial score (nSPS) is 18.1. The number of hydrogen-bond acceptors (Lipinski definition) is 5. The fourth-order valence-corrected chi connectivity index (χ4v) is 5.32. The summed E-state index contributed by atoms with van der Waals surface area (Å²) >= 11 is 0. The number of carbonyl (C=O) groups excluding carboxylic acids is 3. The Hall–Kier alpha value is -3.31. The van der Waals surface area contributed by atoms with Gasteiger partial charge in [0.05, 0.1) is 4.90 Å². The number of anilines is 1. The highest BCUT2D eigenvalue weighted by Crippen LogP contribution is 2.34. The number of urea groups is 1. The van der Waals surface area contributed by atoms with E-state index in [4.69, 9.17) is 0 Å². The number of amides is 4. The number of nitrogens with one attached hydrogen (secondary N) is 2. The Labute approximate surface area is 210 Å². The predicted octanol–water partition coefficient (Wildman–Crippen LogP) is 3.43. The van der Waals surface area contributed by atoms with E-state index in [-0.39, 0.29) is 10.9 Å². The van der Waals surface area contributed by atoms with Crippen LogP contribution in [-0.2, 0) is 25.2 Å². The van der Waals surface area contributed by atoms with Crippen LogP contribution in [0.4, 0.5) is 14.9 Å². The maximum Gasteiger partial charge on any atom is 0.325 e. The second-order valence-electron chi connectivity index (χ2n) is 9.02. The number of imide groups is 1. The maximum atomic E-state index is 13.5. The molecule has 0 radical (unpaired) electrons. The molecule has 36 heavy (non-hydrogen) atoms. The van der Waals surface area contributed by atoms with Crippen molar-refractivity contribution in [3.8, 4) is 0 Å². The molecule has 4 amide bonds. The molecular weight excluding hydrogens is 487 g/mol. The lowest BCUT2D eigenvalue weighted by atomic mass is 9.85. The van der Waals surface area contributed by atoms with Crippen molar-refractivity contribution < 1.29 is 27.2 Å². The minimum Gasteiger partial charge on any atom is -0.325 e. The van der Waals surface area contributed by atoms with Crippen LogP contribution in [0.3, 0.4) is 0 Å². The highest BCUT2D eigenvalue weighted by atomic mass is 32.2. The van der Waals surface area contributed by atoms with Crippen LogP contribution >= 0.6 is 0 Å². The van der Waals surface area contributed by atoms with Crippen molar-refractivity contribution in [3.63, 3.8) is 0 Å². The van der Waals surface area contributed by atoms with Gasteiger partial charge >= 0.3 is 6.03 Å². The number of sulfonamides is 1. The van der Waals surface area contributed by atoms with Gasteiger partial charge in [-0.15, -0.1) is 0 Å². The summed E-state index contributed by atoms with van der Waals surface area (Å²) in [6.45, 7) is 4.93. The van der Waals surface area contributed by atoms with Crippen LogP contribution in [0.5, 0.6) is 0 Å². The van der Waals surface area contributed by atoms with Gasteiger partial charge in [0.1, 0.15) is 17.9 Å². The first-order chi connectivity index (χ1) is 16.9. The summed E-state index contributed by atoms with van der Waals surface area (Å²) in [6, 6.07) is 10.1. The summed E-state index contributed by atoms with van der Waals surface area (Å²) in [4.78, 5) is 39.7. The fourth-order valence-electron chi connectivity index (χ4n) is 3.95. The van der Waals surface area contributed by atoms with Gasteiger partial charge in [-0.2, -0.15) is 4.31 Å². The average molecular weight is 519 g/mol. The predicted molar refractivity (Wildman–Crippen MR) is 133 cm³/mol. The van der Waals surface area contributed by atoms with Crippen LogP contribution in [0.25, 0.3) is 0 Å². The van der Waals surface area contributed by atoms with Gasteiger partial charge in [-0.1, -0.05) is 31.9 Å². The van der Waals surface area contributed by atoms with E-state index in [2.05, 4.69) is 10.6 Å². The summed E-state index contributed by atoms with van der Waals surface area (Å²) in [7, 11) is -2.19. The highest BCUT2D eigenvalue weighted by molar-refractivity contribution is 7.89. The zero-order chi connectivity index (χ0) is 26.7. The van der Waals surface area contributed by atoms with Crippen molar-refractivity contribution in [1.82, 2.24) is 14.5 Å². The van der Waals surface area contributed by atoms with Crippen molar-refractivity contribution in [3.05, 3.63) is 59.9 Å². The number of unbranched alkanes of at least 4 members (excludes halogenated alkanes) is 1. The molecule has 2 aromatic rings. The molecule has 194 valence electrons. The first kappa shape index (κ1) is 27.3. The third-order valence-electron chi connectivity index (χ3n) is 6.26. The molecule has 2 aromatic carbocycles. The van der Waals surface area contributed by atoms with Gasteiger partial charge in [-0.25, -0.2) is 17.6 Å². The second-order valence-corrected chi connectivity index (χ2v) is 11.0. The van der Waals surface area contributed by atoms with E-state index in [1.807, 2.05) is 6.92 Å².